The quantitative estimate of drug-likeness (QED) is 0.678. The van der Waals surface area contributed by atoms with Crippen molar-refractivity contribution in [2.24, 2.45) is 0 Å². The molecule has 0 bridgehead atoms. The molecule has 7 heteroatoms. The van der Waals surface area contributed by atoms with E-state index in [0.717, 1.165) is 50.8 Å². The number of nitrogens with one attached hydrogen (secondary N) is 2. The van der Waals surface area contributed by atoms with E-state index in [1.807, 2.05) is 6.07 Å². The number of hydrogen-bond acceptors (Lipinski definition) is 6. The highest BCUT2D eigenvalue weighted by atomic mass is 32.1. The minimum absolute atomic E-state index is 0.131. The van der Waals surface area contributed by atoms with E-state index in [1.165, 1.54) is 11.3 Å². The van der Waals surface area contributed by atoms with Crippen molar-refractivity contribution < 1.29 is 9.53 Å². The second-order valence-corrected chi connectivity index (χ2v) is 5.76. The van der Waals surface area contributed by atoms with E-state index in [9.17, 15) is 4.79 Å². The molecule has 20 heavy (non-hydrogen) atoms. The summed E-state index contributed by atoms with van der Waals surface area (Å²) in [5, 5.41) is 6.86. The van der Waals surface area contributed by atoms with Crippen molar-refractivity contribution in [2.75, 3.05) is 57.5 Å². The standard InChI is InChI=1S/C13H22N4O2S/c1-15-13(18)12-10(14)9-11(20-12)16-3-2-4-17-5-7-19-8-6-17/h9,16H,2-8,14H2,1H3,(H,15,18). The van der Waals surface area contributed by atoms with Gasteiger partial charge in [0.1, 0.15) is 4.88 Å². The fourth-order valence-electron chi connectivity index (χ4n) is 2.12. The van der Waals surface area contributed by atoms with Crippen LogP contribution >= 0.6 is 11.3 Å². The van der Waals surface area contributed by atoms with Crippen LogP contribution in [-0.4, -0.2) is 57.2 Å². The number of amides is 1. The molecule has 4 N–H and O–H groups in total. The first-order chi connectivity index (χ1) is 9.70. The molecule has 1 amide bonds. The number of thiophene rings is 1. The van der Waals surface area contributed by atoms with Gasteiger partial charge in [0.2, 0.25) is 0 Å². The Labute approximate surface area is 123 Å². The molecule has 0 unspecified atom stereocenters. The van der Waals surface area contributed by atoms with Crippen molar-refractivity contribution in [3.63, 3.8) is 0 Å². The predicted octanol–water partition coefficient (Wildman–Crippen LogP) is 0.824. The number of carbonyl (C=O) groups is 1. The second-order valence-electron chi connectivity index (χ2n) is 4.71. The zero-order valence-electron chi connectivity index (χ0n) is 11.8. The first kappa shape index (κ1) is 15.1. The molecule has 2 heterocycles. The average Bonchev–Trinajstić information content (AvgIpc) is 2.85. The van der Waals surface area contributed by atoms with Crippen molar-refractivity contribution in [1.29, 1.82) is 0 Å². The summed E-state index contributed by atoms with van der Waals surface area (Å²) in [5.41, 5.74) is 6.36. The Bertz CT molecular complexity index is 444. The molecule has 2 rings (SSSR count). The number of rotatable bonds is 6. The van der Waals surface area contributed by atoms with E-state index in [-0.39, 0.29) is 5.91 Å². The topological polar surface area (TPSA) is 79.6 Å². The lowest BCUT2D eigenvalue weighted by atomic mass is 10.3. The molecular weight excluding hydrogens is 276 g/mol. The fraction of sp³-hybridized carbons (Fsp3) is 0.615. The maximum Gasteiger partial charge on any atom is 0.263 e. The van der Waals surface area contributed by atoms with Gasteiger partial charge in [0.05, 0.1) is 23.9 Å². The third-order valence-corrected chi connectivity index (χ3v) is 4.36. The average molecular weight is 298 g/mol. The number of carbonyl (C=O) groups excluding carboxylic acids is 1. The number of nitrogen functional groups attached to an aromatic ring is 1. The van der Waals surface area contributed by atoms with Crippen molar-refractivity contribution >= 4 is 27.9 Å². The molecule has 1 aromatic heterocycles. The molecule has 0 saturated carbocycles. The van der Waals surface area contributed by atoms with E-state index in [1.54, 1.807) is 7.05 Å². The molecule has 0 atom stereocenters. The SMILES string of the molecule is CNC(=O)c1sc(NCCCN2CCOCC2)cc1N. The Balaban J connectivity index is 1.72. The molecule has 1 aromatic rings. The zero-order chi connectivity index (χ0) is 14.4. The van der Waals surface area contributed by atoms with Crippen LogP contribution in [0.3, 0.4) is 0 Å². The maximum absolute atomic E-state index is 11.6. The van der Waals surface area contributed by atoms with E-state index >= 15 is 0 Å². The molecule has 1 aliphatic rings. The van der Waals surface area contributed by atoms with Crippen LogP contribution in [0.2, 0.25) is 0 Å². The Kier molecular flexibility index (Phi) is 5.63. The number of morpholine rings is 1. The van der Waals surface area contributed by atoms with E-state index in [0.29, 0.717) is 10.6 Å². The van der Waals surface area contributed by atoms with Gasteiger partial charge in [-0.3, -0.25) is 9.69 Å². The van der Waals surface area contributed by atoms with Gasteiger partial charge in [0.25, 0.3) is 5.91 Å². The lowest BCUT2D eigenvalue weighted by Crippen LogP contribution is -2.37. The van der Waals surface area contributed by atoms with E-state index in [4.69, 9.17) is 10.5 Å². The van der Waals surface area contributed by atoms with Crippen LogP contribution in [0.4, 0.5) is 10.7 Å². The van der Waals surface area contributed by atoms with Gasteiger partial charge < -0.3 is 21.1 Å². The summed E-state index contributed by atoms with van der Waals surface area (Å²) < 4.78 is 5.32. The summed E-state index contributed by atoms with van der Waals surface area (Å²) in [6.07, 6.45) is 1.06. The first-order valence-electron chi connectivity index (χ1n) is 6.86. The molecular formula is C13H22N4O2S. The monoisotopic (exact) mass is 298 g/mol. The van der Waals surface area contributed by atoms with Gasteiger partial charge in [-0.25, -0.2) is 0 Å². The lowest BCUT2D eigenvalue weighted by molar-refractivity contribution is 0.0378. The van der Waals surface area contributed by atoms with E-state index in [2.05, 4.69) is 15.5 Å². The molecule has 112 valence electrons. The van der Waals surface area contributed by atoms with Crippen molar-refractivity contribution in [2.45, 2.75) is 6.42 Å². The van der Waals surface area contributed by atoms with Gasteiger partial charge in [-0.15, -0.1) is 11.3 Å². The number of nitrogens with zero attached hydrogens (tertiary/aromatic N) is 1. The first-order valence-corrected chi connectivity index (χ1v) is 7.67. The Morgan fingerprint density at radius 1 is 1.50 bits per heavy atom. The molecule has 0 spiro atoms. The zero-order valence-corrected chi connectivity index (χ0v) is 12.6. The van der Waals surface area contributed by atoms with Crippen LogP contribution < -0.4 is 16.4 Å². The third-order valence-electron chi connectivity index (χ3n) is 3.25. The van der Waals surface area contributed by atoms with Gasteiger partial charge in [0.15, 0.2) is 0 Å². The van der Waals surface area contributed by atoms with Gasteiger partial charge in [-0.05, 0) is 19.0 Å². The van der Waals surface area contributed by atoms with Crippen LogP contribution in [0, 0.1) is 0 Å². The molecule has 0 aliphatic carbocycles. The summed E-state index contributed by atoms with van der Waals surface area (Å²) in [5.74, 6) is -0.131. The number of ether oxygens (including phenoxy) is 1. The highest BCUT2D eigenvalue weighted by Gasteiger charge is 2.13. The second kappa shape index (κ2) is 7.47. The number of nitrogens with two attached hydrogens (primary N) is 1. The molecule has 0 aromatic carbocycles. The number of anilines is 2. The molecule has 1 saturated heterocycles. The van der Waals surface area contributed by atoms with E-state index < -0.39 is 0 Å². The summed E-state index contributed by atoms with van der Waals surface area (Å²) in [6.45, 7) is 5.66. The molecule has 6 nitrogen and oxygen atoms in total. The summed E-state index contributed by atoms with van der Waals surface area (Å²) >= 11 is 1.40. The van der Waals surface area contributed by atoms with Crippen LogP contribution in [0.5, 0.6) is 0 Å². The fourth-order valence-corrected chi connectivity index (χ4v) is 3.07. The Morgan fingerprint density at radius 2 is 2.25 bits per heavy atom. The minimum atomic E-state index is -0.131. The summed E-state index contributed by atoms with van der Waals surface area (Å²) in [4.78, 5) is 14.5. The van der Waals surface area contributed by atoms with Crippen molar-refractivity contribution in [3.05, 3.63) is 10.9 Å². The van der Waals surface area contributed by atoms with Crippen LogP contribution in [0.15, 0.2) is 6.07 Å². The Hall–Kier alpha value is -1.31. The third kappa shape index (κ3) is 4.09. The lowest BCUT2D eigenvalue weighted by Gasteiger charge is -2.26. The highest BCUT2D eigenvalue weighted by molar-refractivity contribution is 7.18. The largest absolute Gasteiger partial charge is 0.397 e. The van der Waals surface area contributed by atoms with Crippen molar-refractivity contribution in [3.8, 4) is 0 Å². The van der Waals surface area contributed by atoms with Crippen LogP contribution in [0.1, 0.15) is 16.1 Å². The smallest absolute Gasteiger partial charge is 0.263 e. The van der Waals surface area contributed by atoms with Gasteiger partial charge in [-0.1, -0.05) is 0 Å². The van der Waals surface area contributed by atoms with Crippen LogP contribution in [0.25, 0.3) is 0 Å². The van der Waals surface area contributed by atoms with Gasteiger partial charge in [-0.2, -0.15) is 0 Å². The molecule has 1 aliphatic heterocycles. The summed E-state index contributed by atoms with van der Waals surface area (Å²) in [6, 6.07) is 1.82. The minimum Gasteiger partial charge on any atom is -0.397 e. The van der Waals surface area contributed by atoms with Crippen molar-refractivity contribution in [1.82, 2.24) is 10.2 Å². The summed E-state index contributed by atoms with van der Waals surface area (Å²) in [7, 11) is 1.61. The molecule has 1 fully saturated rings. The highest BCUT2D eigenvalue weighted by Crippen LogP contribution is 2.28. The molecule has 0 radical (unpaired) electrons. The predicted molar refractivity (Wildman–Crippen MR) is 82.5 cm³/mol. The maximum atomic E-state index is 11.6. The number of hydrogen-bond donors (Lipinski definition) is 3. The van der Waals surface area contributed by atoms with Crippen LogP contribution in [-0.2, 0) is 4.74 Å². The van der Waals surface area contributed by atoms with Gasteiger partial charge >= 0.3 is 0 Å². The normalized spacial score (nSPS) is 16.1. The Morgan fingerprint density at radius 3 is 2.95 bits per heavy atom. The van der Waals surface area contributed by atoms with Gasteiger partial charge in [0, 0.05) is 26.7 Å².